The summed E-state index contributed by atoms with van der Waals surface area (Å²) in [5, 5.41) is 3.89. The van der Waals surface area contributed by atoms with Gasteiger partial charge in [-0.2, -0.15) is 11.8 Å². The van der Waals surface area contributed by atoms with Gasteiger partial charge in [0.15, 0.2) is 0 Å². The Morgan fingerprint density at radius 3 is 2.73 bits per heavy atom. The van der Waals surface area contributed by atoms with Crippen LogP contribution in [0.4, 0.5) is 0 Å². The molecular weight excluding hydrogens is 212 g/mol. The molecule has 86 valence electrons. The van der Waals surface area contributed by atoms with Gasteiger partial charge in [-0.05, 0) is 0 Å². The van der Waals surface area contributed by atoms with Gasteiger partial charge < -0.3 is 15.0 Å². The van der Waals surface area contributed by atoms with E-state index < -0.39 is 0 Å². The second-order valence-electron chi connectivity index (χ2n) is 3.91. The third-order valence-corrected chi connectivity index (χ3v) is 3.93. The van der Waals surface area contributed by atoms with Gasteiger partial charge in [0.25, 0.3) is 0 Å². The molecule has 0 spiro atoms. The van der Waals surface area contributed by atoms with E-state index in [4.69, 9.17) is 4.74 Å². The van der Waals surface area contributed by atoms with Gasteiger partial charge in [-0.15, -0.1) is 0 Å². The molecule has 2 rings (SSSR count). The molecule has 0 radical (unpaired) electrons. The Morgan fingerprint density at radius 2 is 2.13 bits per heavy atom. The number of hydrogen-bond donors (Lipinski definition) is 1. The fourth-order valence-electron chi connectivity index (χ4n) is 1.70. The number of rotatable bonds is 4. The van der Waals surface area contributed by atoms with Crippen LogP contribution in [0.15, 0.2) is 0 Å². The largest absolute Gasteiger partial charge is 0.379 e. The highest BCUT2D eigenvalue weighted by atomic mass is 32.2. The maximum atomic E-state index is 11.7. The number of ether oxygens (including phenoxy) is 1. The number of amides is 1. The highest BCUT2D eigenvalue weighted by molar-refractivity contribution is 8.00. The molecule has 0 aromatic rings. The van der Waals surface area contributed by atoms with Gasteiger partial charge in [0.1, 0.15) is 0 Å². The summed E-state index contributed by atoms with van der Waals surface area (Å²) in [4.78, 5) is 13.7. The lowest BCUT2D eigenvalue weighted by Crippen LogP contribution is -2.46. The molecule has 0 bridgehead atoms. The van der Waals surface area contributed by atoms with Gasteiger partial charge in [-0.25, -0.2) is 0 Å². The lowest BCUT2D eigenvalue weighted by atomic mass is 10.3. The fourth-order valence-corrected chi connectivity index (χ4v) is 2.71. The average molecular weight is 230 g/mol. The molecule has 5 heteroatoms. The quantitative estimate of drug-likeness (QED) is 0.735. The van der Waals surface area contributed by atoms with Crippen molar-refractivity contribution in [1.29, 1.82) is 0 Å². The molecule has 0 atom stereocenters. The van der Waals surface area contributed by atoms with Gasteiger partial charge in [-0.1, -0.05) is 0 Å². The molecule has 1 N–H and O–H groups in total. The maximum Gasteiger partial charge on any atom is 0.223 e. The van der Waals surface area contributed by atoms with Crippen molar-refractivity contribution >= 4 is 17.7 Å². The van der Waals surface area contributed by atoms with Crippen LogP contribution >= 0.6 is 11.8 Å². The summed E-state index contributed by atoms with van der Waals surface area (Å²) in [5.74, 6) is 1.25. The van der Waals surface area contributed by atoms with Gasteiger partial charge >= 0.3 is 0 Å². The zero-order valence-electron chi connectivity index (χ0n) is 8.91. The lowest BCUT2D eigenvalue weighted by Gasteiger charge is -2.28. The molecule has 2 aliphatic rings. The number of carbonyl (C=O) groups is 1. The molecule has 1 amide bonds. The predicted octanol–water partition coefficient (Wildman–Crippen LogP) is -0.0597. The van der Waals surface area contributed by atoms with E-state index in [1.54, 1.807) is 0 Å². The summed E-state index contributed by atoms with van der Waals surface area (Å²) in [6, 6.07) is 0. The van der Waals surface area contributed by atoms with Crippen LogP contribution in [0.1, 0.15) is 6.42 Å². The van der Waals surface area contributed by atoms with Gasteiger partial charge in [0.05, 0.1) is 18.5 Å². The van der Waals surface area contributed by atoms with Crippen LogP contribution in [-0.4, -0.2) is 61.2 Å². The molecule has 2 heterocycles. The minimum absolute atomic E-state index is 0.309. The Kier molecular flexibility index (Phi) is 4.29. The van der Waals surface area contributed by atoms with Crippen molar-refractivity contribution in [2.24, 2.45) is 0 Å². The minimum atomic E-state index is 0.309. The van der Waals surface area contributed by atoms with Crippen LogP contribution in [0.3, 0.4) is 0 Å². The highest BCUT2D eigenvalue weighted by Crippen LogP contribution is 2.19. The van der Waals surface area contributed by atoms with E-state index in [1.165, 1.54) is 0 Å². The first-order valence-corrected chi connectivity index (χ1v) is 6.59. The maximum absolute atomic E-state index is 11.7. The van der Waals surface area contributed by atoms with Crippen LogP contribution in [0.5, 0.6) is 0 Å². The number of nitrogens with one attached hydrogen (secondary N) is 1. The van der Waals surface area contributed by atoms with Crippen molar-refractivity contribution in [3.63, 3.8) is 0 Å². The molecule has 4 nitrogen and oxygen atoms in total. The van der Waals surface area contributed by atoms with Crippen molar-refractivity contribution in [3.05, 3.63) is 0 Å². The molecule has 15 heavy (non-hydrogen) atoms. The number of carbonyl (C=O) groups excluding carboxylic acids is 1. The van der Waals surface area contributed by atoms with Crippen molar-refractivity contribution in [2.45, 2.75) is 11.7 Å². The number of thioether (sulfide) groups is 1. The first kappa shape index (κ1) is 11.2. The summed E-state index contributed by atoms with van der Waals surface area (Å²) < 4.78 is 5.08. The third-order valence-electron chi connectivity index (χ3n) is 2.75. The topological polar surface area (TPSA) is 41.6 Å². The van der Waals surface area contributed by atoms with Crippen LogP contribution in [0.2, 0.25) is 0 Å². The van der Waals surface area contributed by atoms with Crippen LogP contribution in [0, 0.1) is 0 Å². The number of piperazine rings is 1. The SMILES string of the molecule is O=C(CCSC1COC1)N1CCNCC1. The van der Waals surface area contributed by atoms with E-state index in [2.05, 4.69) is 5.32 Å². The van der Waals surface area contributed by atoms with Crippen molar-refractivity contribution in [1.82, 2.24) is 10.2 Å². The van der Waals surface area contributed by atoms with Crippen LogP contribution in [0.25, 0.3) is 0 Å². The standard InChI is InChI=1S/C10H18N2O2S/c13-10(12-4-2-11-3-5-12)1-6-15-9-7-14-8-9/h9,11H,1-8H2. The molecule has 0 aliphatic carbocycles. The van der Waals surface area contributed by atoms with E-state index >= 15 is 0 Å². The van der Waals surface area contributed by atoms with Crippen molar-refractivity contribution in [2.75, 3.05) is 45.1 Å². The Labute approximate surface area is 94.7 Å². The van der Waals surface area contributed by atoms with Crippen molar-refractivity contribution < 1.29 is 9.53 Å². The summed E-state index contributed by atoms with van der Waals surface area (Å²) >= 11 is 1.87. The minimum Gasteiger partial charge on any atom is -0.379 e. The monoisotopic (exact) mass is 230 g/mol. The molecule has 0 aromatic heterocycles. The molecule has 0 unspecified atom stereocenters. The first-order valence-electron chi connectivity index (χ1n) is 5.54. The van der Waals surface area contributed by atoms with E-state index in [1.807, 2.05) is 16.7 Å². The fraction of sp³-hybridized carbons (Fsp3) is 0.900. The number of nitrogens with zero attached hydrogens (tertiary/aromatic N) is 1. The lowest BCUT2D eigenvalue weighted by molar-refractivity contribution is -0.131. The van der Waals surface area contributed by atoms with E-state index in [-0.39, 0.29) is 0 Å². The third kappa shape index (κ3) is 3.36. The summed E-state index contributed by atoms with van der Waals surface area (Å²) in [7, 11) is 0. The summed E-state index contributed by atoms with van der Waals surface area (Å²) in [5.41, 5.74) is 0. The zero-order valence-corrected chi connectivity index (χ0v) is 9.72. The summed E-state index contributed by atoms with van der Waals surface area (Å²) in [6.07, 6.45) is 0.682. The summed E-state index contributed by atoms with van der Waals surface area (Å²) in [6.45, 7) is 5.36. The predicted molar refractivity (Wildman–Crippen MR) is 61.1 cm³/mol. The Balaban J connectivity index is 1.58. The smallest absolute Gasteiger partial charge is 0.223 e. The Hall–Kier alpha value is -0.260. The molecule has 2 aliphatic heterocycles. The second kappa shape index (κ2) is 5.72. The molecule has 0 saturated carbocycles. The normalized spacial score (nSPS) is 22.5. The van der Waals surface area contributed by atoms with E-state index in [9.17, 15) is 4.79 Å². The first-order chi connectivity index (χ1) is 7.36. The highest BCUT2D eigenvalue weighted by Gasteiger charge is 2.20. The molecule has 2 saturated heterocycles. The van der Waals surface area contributed by atoms with Gasteiger partial charge in [-0.3, -0.25) is 4.79 Å². The Bertz CT molecular complexity index is 215. The van der Waals surface area contributed by atoms with Crippen LogP contribution < -0.4 is 5.32 Å². The molecular formula is C10H18N2O2S. The second-order valence-corrected chi connectivity index (χ2v) is 5.32. The Morgan fingerprint density at radius 1 is 1.40 bits per heavy atom. The average Bonchev–Trinajstić information content (AvgIpc) is 2.23. The zero-order chi connectivity index (χ0) is 10.5. The van der Waals surface area contributed by atoms with E-state index in [0.29, 0.717) is 17.6 Å². The van der Waals surface area contributed by atoms with Gasteiger partial charge in [0, 0.05) is 38.4 Å². The van der Waals surface area contributed by atoms with Gasteiger partial charge in [0.2, 0.25) is 5.91 Å². The molecule has 0 aromatic carbocycles. The van der Waals surface area contributed by atoms with Crippen molar-refractivity contribution in [3.8, 4) is 0 Å². The number of hydrogen-bond acceptors (Lipinski definition) is 4. The molecule has 2 fully saturated rings. The van der Waals surface area contributed by atoms with E-state index in [0.717, 1.165) is 45.1 Å². The van der Waals surface area contributed by atoms with Crippen LogP contribution in [-0.2, 0) is 9.53 Å².